The minimum Gasteiger partial charge on any atom is -0.487 e. The molecule has 9 nitrogen and oxygen atoms in total. The van der Waals surface area contributed by atoms with Gasteiger partial charge in [0, 0.05) is 56.7 Å². The molecule has 2 fully saturated rings. The SMILES string of the molecule is CO[C@H]1/C=C/CC2CN(C(C)=O)C[C@H]2S(=O)(=O)NC(=O)c2ccc3c(c2)N(CCCCc2cc(Cl)ccc2CO3)C[C@@H]2CC[C@H]21. The van der Waals surface area contributed by atoms with Crippen molar-refractivity contribution in [2.45, 2.75) is 63.4 Å². The van der Waals surface area contributed by atoms with Crippen molar-refractivity contribution in [1.29, 1.82) is 0 Å². The van der Waals surface area contributed by atoms with Crippen LogP contribution in [-0.2, 0) is 32.6 Å². The Kier molecular flexibility index (Phi) is 9.45. The van der Waals surface area contributed by atoms with Crippen LogP contribution in [0.25, 0.3) is 0 Å². The molecule has 5 atom stereocenters. The molecule has 0 spiro atoms. The van der Waals surface area contributed by atoms with Gasteiger partial charge < -0.3 is 19.3 Å². The van der Waals surface area contributed by atoms with Gasteiger partial charge in [-0.3, -0.25) is 9.59 Å². The molecule has 6 rings (SSSR count). The van der Waals surface area contributed by atoms with Crippen molar-refractivity contribution in [3.05, 3.63) is 70.3 Å². The largest absolute Gasteiger partial charge is 0.487 e. The fourth-order valence-electron chi connectivity index (χ4n) is 7.34. The first kappa shape index (κ1) is 31.9. The Morgan fingerprint density at radius 1 is 1.04 bits per heavy atom. The molecule has 1 N–H and O–H groups in total. The molecule has 2 aromatic rings. The van der Waals surface area contributed by atoms with E-state index in [1.807, 2.05) is 24.3 Å². The first-order valence-corrected chi connectivity index (χ1v) is 17.9. The Morgan fingerprint density at radius 3 is 2.64 bits per heavy atom. The zero-order chi connectivity index (χ0) is 31.7. The highest BCUT2D eigenvalue weighted by Gasteiger charge is 2.43. The summed E-state index contributed by atoms with van der Waals surface area (Å²) in [5.41, 5.74) is 3.27. The highest BCUT2D eigenvalue weighted by molar-refractivity contribution is 7.90. The molecule has 3 heterocycles. The van der Waals surface area contributed by atoms with Crippen LogP contribution in [0.2, 0.25) is 5.02 Å². The Bertz CT molecular complexity index is 1580. The van der Waals surface area contributed by atoms with Crippen molar-refractivity contribution in [3.8, 4) is 5.75 Å². The number of halogens is 1. The van der Waals surface area contributed by atoms with Crippen LogP contribution >= 0.6 is 11.6 Å². The summed E-state index contributed by atoms with van der Waals surface area (Å²) in [6, 6.07) is 11.1. The molecule has 1 aliphatic carbocycles. The van der Waals surface area contributed by atoms with Crippen LogP contribution in [0.4, 0.5) is 5.69 Å². The van der Waals surface area contributed by atoms with Crippen molar-refractivity contribution in [2.75, 3.05) is 38.2 Å². The van der Waals surface area contributed by atoms with Gasteiger partial charge in [0.05, 0.1) is 11.8 Å². The van der Waals surface area contributed by atoms with E-state index in [0.717, 1.165) is 56.4 Å². The number of hydrogen-bond acceptors (Lipinski definition) is 7. The van der Waals surface area contributed by atoms with Crippen LogP contribution in [0.1, 0.15) is 60.5 Å². The van der Waals surface area contributed by atoms with Crippen LogP contribution in [-0.4, -0.2) is 69.8 Å². The number of carbonyl (C=O) groups excluding carboxylic acids is 2. The minimum absolute atomic E-state index is 0.0490. The second-order valence-electron chi connectivity index (χ2n) is 12.9. The standard InChI is InChI=1S/C34H42ClN3O6S/c1-22(39)38-19-26-7-5-8-31(43-2)29-13-10-25(29)18-37-15-4-3-6-23-16-28(35)12-9-27(23)21-44-32-14-11-24(17-30(32)37)34(40)36-45(41,42)33(26)20-38/h5,8-9,11-12,14,16-17,25-26,29,31,33H,3-4,6-7,10,13,15,18-21H2,1-2H3,(H,36,40)/b8-5+/t25-,26?,29+,31-,33+/m0/s1. The van der Waals surface area contributed by atoms with E-state index in [9.17, 15) is 18.0 Å². The van der Waals surface area contributed by atoms with Gasteiger partial charge in [-0.05, 0) is 91.8 Å². The fraction of sp³-hybridized carbons (Fsp3) is 0.529. The van der Waals surface area contributed by atoms with Crippen molar-refractivity contribution in [3.63, 3.8) is 0 Å². The number of fused-ring (bicyclic) bond motifs is 4. The second-order valence-corrected chi connectivity index (χ2v) is 15.2. The van der Waals surface area contributed by atoms with Gasteiger partial charge in [-0.15, -0.1) is 0 Å². The number of anilines is 1. The quantitative estimate of drug-likeness (QED) is 0.433. The van der Waals surface area contributed by atoms with Crippen LogP contribution in [0.5, 0.6) is 5.75 Å². The summed E-state index contributed by atoms with van der Waals surface area (Å²) in [6.07, 6.45) is 9.34. The van der Waals surface area contributed by atoms with Crippen LogP contribution < -0.4 is 14.4 Å². The monoisotopic (exact) mass is 655 g/mol. The maximum atomic E-state index is 13.7. The van der Waals surface area contributed by atoms with Crippen molar-refractivity contribution in [1.82, 2.24) is 9.62 Å². The summed E-state index contributed by atoms with van der Waals surface area (Å²) in [4.78, 5) is 29.7. The van der Waals surface area contributed by atoms with E-state index in [-0.39, 0.29) is 30.0 Å². The lowest BCUT2D eigenvalue weighted by atomic mass is 9.70. The van der Waals surface area contributed by atoms with Gasteiger partial charge in [0.15, 0.2) is 0 Å². The number of rotatable bonds is 1. The maximum absolute atomic E-state index is 13.7. The average Bonchev–Trinajstić information content (AvgIpc) is 3.43. The van der Waals surface area contributed by atoms with Crippen molar-refractivity contribution >= 4 is 39.1 Å². The molecule has 3 aliphatic heterocycles. The zero-order valence-electron chi connectivity index (χ0n) is 25.9. The number of nitrogens with one attached hydrogen (secondary N) is 1. The lowest BCUT2D eigenvalue weighted by molar-refractivity contribution is -0.127. The highest BCUT2D eigenvalue weighted by Crippen LogP contribution is 2.42. The van der Waals surface area contributed by atoms with E-state index in [2.05, 4.69) is 15.7 Å². The molecule has 0 aromatic heterocycles. The maximum Gasteiger partial charge on any atom is 0.264 e. The fourth-order valence-corrected chi connectivity index (χ4v) is 9.14. The van der Waals surface area contributed by atoms with Crippen LogP contribution in [0, 0.1) is 17.8 Å². The molecule has 2 amide bonds. The number of sulfonamides is 1. The number of aryl methyl sites for hydroxylation is 1. The van der Waals surface area contributed by atoms with Gasteiger partial charge in [-0.2, -0.15) is 0 Å². The van der Waals surface area contributed by atoms with E-state index in [1.54, 1.807) is 30.2 Å². The van der Waals surface area contributed by atoms with Crippen LogP contribution in [0.15, 0.2) is 48.6 Å². The summed E-state index contributed by atoms with van der Waals surface area (Å²) in [7, 11) is -2.37. The number of likely N-dealkylation sites (tertiary alicyclic amines) is 1. The molecular formula is C34H42ClN3O6S. The summed E-state index contributed by atoms with van der Waals surface area (Å²) in [5, 5.41) is -0.204. The summed E-state index contributed by atoms with van der Waals surface area (Å²) in [5.74, 6) is 0.136. The van der Waals surface area contributed by atoms with Crippen molar-refractivity contribution < 1.29 is 27.5 Å². The Balaban J connectivity index is 1.39. The predicted molar refractivity (Wildman–Crippen MR) is 174 cm³/mol. The van der Waals surface area contributed by atoms with E-state index in [0.29, 0.717) is 42.2 Å². The molecule has 4 aliphatic rings. The van der Waals surface area contributed by atoms with E-state index in [1.165, 1.54) is 12.5 Å². The molecule has 2 aromatic carbocycles. The van der Waals surface area contributed by atoms with Gasteiger partial charge >= 0.3 is 0 Å². The molecule has 45 heavy (non-hydrogen) atoms. The summed E-state index contributed by atoms with van der Waals surface area (Å²) in [6.45, 7) is 3.70. The molecule has 1 saturated carbocycles. The third-order valence-electron chi connectivity index (χ3n) is 10.1. The Morgan fingerprint density at radius 2 is 1.89 bits per heavy atom. The smallest absolute Gasteiger partial charge is 0.264 e. The normalized spacial score (nSPS) is 29.0. The highest BCUT2D eigenvalue weighted by atomic mass is 35.5. The van der Waals surface area contributed by atoms with E-state index in [4.69, 9.17) is 21.1 Å². The Hall–Kier alpha value is -3.08. The first-order valence-electron chi connectivity index (χ1n) is 15.9. The number of nitrogens with zero attached hydrogens (tertiary/aromatic N) is 2. The number of carbonyl (C=O) groups is 2. The number of benzene rings is 2. The average molecular weight is 656 g/mol. The lowest BCUT2D eigenvalue weighted by Crippen LogP contribution is -2.44. The second kappa shape index (κ2) is 13.3. The number of amides is 2. The number of allylic oxidation sites excluding steroid dienone is 1. The third-order valence-corrected chi connectivity index (χ3v) is 12.1. The minimum atomic E-state index is -4.09. The molecule has 1 unspecified atom stereocenters. The van der Waals surface area contributed by atoms with Gasteiger partial charge in [-0.1, -0.05) is 29.8 Å². The number of hydrogen-bond donors (Lipinski definition) is 1. The van der Waals surface area contributed by atoms with Crippen LogP contribution in [0.3, 0.4) is 0 Å². The third kappa shape index (κ3) is 6.88. The summed E-state index contributed by atoms with van der Waals surface area (Å²) >= 11 is 6.33. The molecule has 11 heteroatoms. The van der Waals surface area contributed by atoms with Gasteiger partial charge in [0.25, 0.3) is 5.91 Å². The van der Waals surface area contributed by atoms with Crippen molar-refractivity contribution in [2.24, 2.45) is 17.8 Å². The molecule has 242 valence electrons. The van der Waals surface area contributed by atoms with Gasteiger partial charge in [0.2, 0.25) is 15.9 Å². The molecule has 2 bridgehead atoms. The molecule has 0 radical (unpaired) electrons. The zero-order valence-corrected chi connectivity index (χ0v) is 27.5. The lowest BCUT2D eigenvalue weighted by Gasteiger charge is -2.43. The number of ether oxygens (including phenoxy) is 2. The van der Waals surface area contributed by atoms with Gasteiger partial charge in [-0.25, -0.2) is 13.1 Å². The van der Waals surface area contributed by atoms with E-state index < -0.39 is 21.2 Å². The molecule has 1 saturated heterocycles. The predicted octanol–water partition coefficient (Wildman–Crippen LogP) is 4.97. The first-order chi connectivity index (χ1) is 21.6. The Labute approximate surface area is 270 Å². The number of methoxy groups -OCH3 is 1. The van der Waals surface area contributed by atoms with Gasteiger partial charge in [0.1, 0.15) is 17.6 Å². The van der Waals surface area contributed by atoms with E-state index >= 15 is 0 Å². The summed E-state index contributed by atoms with van der Waals surface area (Å²) < 4.78 is 42.1. The topological polar surface area (TPSA) is 105 Å². The molecular weight excluding hydrogens is 614 g/mol.